The molecule has 0 aliphatic carbocycles. The van der Waals surface area contributed by atoms with E-state index in [-0.39, 0.29) is 11.4 Å². The molecule has 1 unspecified atom stereocenters. The molecule has 1 atom stereocenters. The summed E-state index contributed by atoms with van der Waals surface area (Å²) >= 11 is 0. The Morgan fingerprint density at radius 2 is 2.28 bits per heavy atom. The number of alkyl halides is 3. The zero-order valence-corrected chi connectivity index (χ0v) is 14.3. The molecule has 1 N–H and O–H groups in total. The Kier molecular flexibility index (Phi) is 7.04. The third-order valence-electron chi connectivity index (χ3n) is 4.13. The Labute approximate surface area is 145 Å². The number of nitrogens with zero attached hydrogens (tertiary/aromatic N) is 2. The van der Waals surface area contributed by atoms with Gasteiger partial charge in [-0.3, -0.25) is 4.79 Å². The molecule has 2 rings (SSSR count). The van der Waals surface area contributed by atoms with Gasteiger partial charge in [-0.1, -0.05) is 13.3 Å². The third kappa shape index (κ3) is 6.53. The minimum absolute atomic E-state index is 0.118. The molecule has 1 amide bonds. The number of likely N-dealkylation sites (tertiary alicyclic amines) is 1. The van der Waals surface area contributed by atoms with Crippen molar-refractivity contribution in [3.8, 4) is 5.75 Å². The maximum atomic E-state index is 12.3. The minimum Gasteiger partial charge on any atom is -0.482 e. The standard InChI is InChI=1S/C17H24F3N3O2/c1-2-3-8-23-9-6-13(11-23)10-22-16(24)15-14(5-4-7-21-15)25-12-17(18,19)20/h4-5,7,13H,2-3,6,8-12H2,1H3,(H,22,24). The number of amides is 1. The van der Waals surface area contributed by atoms with Crippen LogP contribution in [0.2, 0.25) is 0 Å². The first kappa shape index (κ1) is 19.5. The van der Waals surface area contributed by atoms with Gasteiger partial charge < -0.3 is 15.0 Å². The van der Waals surface area contributed by atoms with Crippen LogP contribution in [-0.2, 0) is 0 Å². The van der Waals surface area contributed by atoms with Crippen molar-refractivity contribution in [1.82, 2.24) is 15.2 Å². The average Bonchev–Trinajstić information content (AvgIpc) is 3.03. The lowest BCUT2D eigenvalue weighted by Gasteiger charge is -2.16. The van der Waals surface area contributed by atoms with Crippen LogP contribution in [0.15, 0.2) is 18.3 Å². The Morgan fingerprint density at radius 3 is 3.00 bits per heavy atom. The SMILES string of the molecule is CCCCN1CCC(CNC(=O)c2ncccc2OCC(F)(F)F)C1. The smallest absolute Gasteiger partial charge is 0.422 e. The first-order chi connectivity index (χ1) is 11.9. The zero-order valence-electron chi connectivity index (χ0n) is 14.3. The summed E-state index contributed by atoms with van der Waals surface area (Å²) in [5.74, 6) is -0.317. The van der Waals surface area contributed by atoms with Gasteiger partial charge >= 0.3 is 6.18 Å². The number of rotatable bonds is 8. The van der Waals surface area contributed by atoms with Crippen LogP contribution >= 0.6 is 0 Å². The molecule has 1 aliphatic rings. The van der Waals surface area contributed by atoms with E-state index in [1.54, 1.807) is 0 Å². The second-order valence-corrected chi connectivity index (χ2v) is 6.27. The lowest BCUT2D eigenvalue weighted by Crippen LogP contribution is -2.32. The molecule has 0 saturated carbocycles. The molecule has 0 aromatic carbocycles. The highest BCUT2D eigenvalue weighted by Crippen LogP contribution is 2.21. The van der Waals surface area contributed by atoms with Crippen molar-refractivity contribution < 1.29 is 22.7 Å². The highest BCUT2D eigenvalue weighted by Gasteiger charge is 2.29. The van der Waals surface area contributed by atoms with Gasteiger partial charge in [-0.05, 0) is 44.0 Å². The molecular formula is C17H24F3N3O2. The predicted octanol–water partition coefficient (Wildman–Crippen LogP) is 2.87. The van der Waals surface area contributed by atoms with Crippen LogP contribution in [0.4, 0.5) is 13.2 Å². The van der Waals surface area contributed by atoms with E-state index in [4.69, 9.17) is 4.74 Å². The molecule has 1 aliphatic heterocycles. The largest absolute Gasteiger partial charge is 0.482 e. The summed E-state index contributed by atoms with van der Waals surface area (Å²) in [5.41, 5.74) is -0.118. The normalized spacial score (nSPS) is 18.3. The predicted molar refractivity (Wildman–Crippen MR) is 87.6 cm³/mol. The van der Waals surface area contributed by atoms with Crippen LogP contribution in [0.3, 0.4) is 0 Å². The Balaban J connectivity index is 1.85. The van der Waals surface area contributed by atoms with Gasteiger partial charge in [0.15, 0.2) is 18.1 Å². The van der Waals surface area contributed by atoms with Crippen molar-refractivity contribution >= 4 is 5.91 Å². The molecule has 0 bridgehead atoms. The van der Waals surface area contributed by atoms with Crippen LogP contribution in [0.25, 0.3) is 0 Å². The van der Waals surface area contributed by atoms with E-state index in [1.165, 1.54) is 18.3 Å². The summed E-state index contributed by atoms with van der Waals surface area (Å²) in [6.07, 6.45) is 0.210. The van der Waals surface area contributed by atoms with E-state index in [1.807, 2.05) is 0 Å². The van der Waals surface area contributed by atoms with E-state index in [2.05, 4.69) is 22.1 Å². The summed E-state index contributed by atoms with van der Waals surface area (Å²) in [5, 5.41) is 2.77. The first-order valence-electron chi connectivity index (χ1n) is 8.54. The van der Waals surface area contributed by atoms with Crippen LogP contribution < -0.4 is 10.1 Å². The van der Waals surface area contributed by atoms with Gasteiger partial charge in [-0.25, -0.2) is 4.98 Å². The lowest BCUT2D eigenvalue weighted by atomic mass is 10.1. The molecule has 1 fully saturated rings. The number of unbranched alkanes of at least 4 members (excludes halogenated alkanes) is 1. The van der Waals surface area contributed by atoms with Crippen LogP contribution in [0.5, 0.6) is 5.75 Å². The molecular weight excluding hydrogens is 335 g/mol. The highest BCUT2D eigenvalue weighted by atomic mass is 19.4. The second kappa shape index (κ2) is 9.03. The molecule has 140 valence electrons. The summed E-state index contributed by atoms with van der Waals surface area (Å²) in [4.78, 5) is 18.5. The van der Waals surface area contributed by atoms with Gasteiger partial charge in [0.2, 0.25) is 0 Å². The number of hydrogen-bond acceptors (Lipinski definition) is 4. The van der Waals surface area contributed by atoms with Gasteiger partial charge in [0, 0.05) is 19.3 Å². The van der Waals surface area contributed by atoms with E-state index < -0.39 is 18.7 Å². The fourth-order valence-electron chi connectivity index (χ4n) is 2.82. The number of carbonyl (C=O) groups is 1. The molecule has 2 heterocycles. The first-order valence-corrected chi connectivity index (χ1v) is 8.54. The molecule has 1 aromatic heterocycles. The number of pyridine rings is 1. The van der Waals surface area contributed by atoms with Crippen molar-refractivity contribution in [3.63, 3.8) is 0 Å². The van der Waals surface area contributed by atoms with Crippen molar-refractivity contribution in [2.24, 2.45) is 5.92 Å². The summed E-state index contributed by atoms with van der Waals surface area (Å²) in [7, 11) is 0. The average molecular weight is 359 g/mol. The van der Waals surface area contributed by atoms with E-state index in [0.29, 0.717) is 12.5 Å². The van der Waals surface area contributed by atoms with Crippen LogP contribution in [-0.4, -0.2) is 54.8 Å². The van der Waals surface area contributed by atoms with Crippen molar-refractivity contribution in [2.45, 2.75) is 32.4 Å². The Morgan fingerprint density at radius 1 is 1.48 bits per heavy atom. The molecule has 5 nitrogen and oxygen atoms in total. The van der Waals surface area contributed by atoms with Gasteiger partial charge in [-0.2, -0.15) is 13.2 Å². The minimum atomic E-state index is -4.46. The molecule has 1 saturated heterocycles. The quantitative estimate of drug-likeness (QED) is 0.776. The number of aromatic nitrogens is 1. The highest BCUT2D eigenvalue weighted by molar-refractivity contribution is 5.94. The number of ether oxygens (including phenoxy) is 1. The van der Waals surface area contributed by atoms with Gasteiger partial charge in [0.1, 0.15) is 0 Å². The third-order valence-corrected chi connectivity index (χ3v) is 4.13. The molecule has 25 heavy (non-hydrogen) atoms. The molecule has 0 spiro atoms. The van der Waals surface area contributed by atoms with E-state index in [0.717, 1.165) is 38.9 Å². The number of nitrogens with one attached hydrogen (secondary N) is 1. The summed E-state index contributed by atoms with van der Waals surface area (Å²) in [6.45, 7) is 4.20. The topological polar surface area (TPSA) is 54.5 Å². The number of halogens is 3. The molecule has 0 radical (unpaired) electrons. The monoisotopic (exact) mass is 359 g/mol. The summed E-state index contributed by atoms with van der Waals surface area (Å²) in [6, 6.07) is 2.75. The fourth-order valence-corrected chi connectivity index (χ4v) is 2.82. The molecule has 8 heteroatoms. The molecule has 1 aromatic rings. The van der Waals surface area contributed by atoms with E-state index in [9.17, 15) is 18.0 Å². The van der Waals surface area contributed by atoms with E-state index >= 15 is 0 Å². The van der Waals surface area contributed by atoms with Gasteiger partial charge in [0.05, 0.1) is 0 Å². The fraction of sp³-hybridized carbons (Fsp3) is 0.647. The Hall–Kier alpha value is -1.83. The van der Waals surface area contributed by atoms with Crippen molar-refractivity contribution in [1.29, 1.82) is 0 Å². The van der Waals surface area contributed by atoms with Crippen molar-refractivity contribution in [2.75, 3.05) is 32.8 Å². The maximum absolute atomic E-state index is 12.3. The summed E-state index contributed by atoms with van der Waals surface area (Å²) < 4.78 is 41.6. The Bertz CT molecular complexity index is 566. The number of carbonyl (C=O) groups excluding carboxylic acids is 1. The van der Waals surface area contributed by atoms with Crippen LogP contribution in [0.1, 0.15) is 36.7 Å². The lowest BCUT2D eigenvalue weighted by molar-refractivity contribution is -0.153. The van der Waals surface area contributed by atoms with Crippen molar-refractivity contribution in [3.05, 3.63) is 24.0 Å². The van der Waals surface area contributed by atoms with Gasteiger partial charge in [0.25, 0.3) is 5.91 Å². The zero-order chi connectivity index (χ0) is 18.3. The maximum Gasteiger partial charge on any atom is 0.422 e. The second-order valence-electron chi connectivity index (χ2n) is 6.27. The van der Waals surface area contributed by atoms with Gasteiger partial charge in [-0.15, -0.1) is 0 Å². The number of hydrogen-bond donors (Lipinski definition) is 1. The van der Waals surface area contributed by atoms with Crippen LogP contribution in [0, 0.1) is 5.92 Å².